The molecule has 0 saturated carbocycles. The van der Waals surface area contributed by atoms with Crippen LogP contribution in [0, 0.1) is 0 Å². The highest BCUT2D eigenvalue weighted by atomic mass is 16.6. The molecular weight excluding hydrogens is 278 g/mol. The molecule has 5 heteroatoms. The molecule has 1 rings (SSSR count). The third kappa shape index (κ3) is 7.99. The second kappa shape index (κ2) is 8.73. The summed E-state index contributed by atoms with van der Waals surface area (Å²) in [4.78, 5) is 16.2. The number of carbonyl (C=O) groups is 1. The molecule has 1 aliphatic heterocycles. The van der Waals surface area contributed by atoms with Crippen molar-refractivity contribution < 1.29 is 9.53 Å². The lowest BCUT2D eigenvalue weighted by molar-refractivity contribution is 0.0256. The van der Waals surface area contributed by atoms with Gasteiger partial charge in [0.1, 0.15) is 5.60 Å². The number of likely N-dealkylation sites (tertiary alicyclic amines) is 1. The molecule has 0 aromatic carbocycles. The normalized spacial score (nSPS) is 21.6. The van der Waals surface area contributed by atoms with E-state index in [4.69, 9.17) is 4.74 Å². The van der Waals surface area contributed by atoms with Crippen LogP contribution in [0.1, 0.15) is 53.4 Å². The van der Waals surface area contributed by atoms with Crippen LogP contribution >= 0.6 is 0 Å². The molecule has 0 radical (unpaired) electrons. The van der Waals surface area contributed by atoms with E-state index < -0.39 is 5.60 Å². The zero-order chi connectivity index (χ0) is 16.8. The van der Waals surface area contributed by atoms with Gasteiger partial charge in [-0.2, -0.15) is 0 Å². The Kier molecular flexibility index (Phi) is 7.63. The molecule has 0 aromatic rings. The molecule has 1 N–H and O–H groups in total. The molecule has 0 aromatic heterocycles. The van der Waals surface area contributed by atoms with Crippen LogP contribution in [0.25, 0.3) is 0 Å². The van der Waals surface area contributed by atoms with Crippen LogP contribution in [0.4, 0.5) is 4.79 Å². The van der Waals surface area contributed by atoms with E-state index in [9.17, 15) is 4.79 Å². The van der Waals surface area contributed by atoms with Gasteiger partial charge in [0.05, 0.1) is 0 Å². The van der Waals surface area contributed by atoms with Crippen LogP contribution in [0.5, 0.6) is 0 Å². The maximum absolute atomic E-state index is 12.2. The van der Waals surface area contributed by atoms with Gasteiger partial charge in [-0.3, -0.25) is 0 Å². The Morgan fingerprint density at radius 1 is 1.32 bits per heavy atom. The lowest BCUT2D eigenvalue weighted by Crippen LogP contribution is -2.40. The van der Waals surface area contributed by atoms with E-state index in [1.807, 2.05) is 25.7 Å². The van der Waals surface area contributed by atoms with Crippen molar-refractivity contribution in [3.63, 3.8) is 0 Å². The quantitative estimate of drug-likeness (QED) is 0.847. The molecule has 0 aliphatic carbocycles. The Bertz CT molecular complexity index is 339. The van der Waals surface area contributed by atoms with Gasteiger partial charge in [0.2, 0.25) is 0 Å². The Labute approximate surface area is 136 Å². The summed E-state index contributed by atoms with van der Waals surface area (Å²) in [6.07, 6.45) is 4.15. The molecule has 1 heterocycles. The average Bonchev–Trinajstić information content (AvgIpc) is 2.60. The highest BCUT2D eigenvalue weighted by Crippen LogP contribution is 2.16. The van der Waals surface area contributed by atoms with Crippen molar-refractivity contribution in [2.75, 3.05) is 33.7 Å². The van der Waals surface area contributed by atoms with E-state index in [0.29, 0.717) is 12.1 Å². The Hall–Kier alpha value is -0.810. The average molecular weight is 313 g/mol. The monoisotopic (exact) mass is 313 g/mol. The highest BCUT2D eigenvalue weighted by Gasteiger charge is 2.25. The lowest BCUT2D eigenvalue weighted by Gasteiger charge is -2.26. The molecule has 0 spiro atoms. The van der Waals surface area contributed by atoms with Crippen molar-refractivity contribution in [1.29, 1.82) is 0 Å². The standard InChI is InChI=1S/C17H35N3O2/c1-14(9-12-19(5)6)18-15-8-7-11-20(13-10-15)16(21)22-17(2,3)4/h14-15,18H,7-13H2,1-6H3. The Morgan fingerprint density at radius 2 is 2.00 bits per heavy atom. The summed E-state index contributed by atoms with van der Waals surface area (Å²) in [6.45, 7) is 10.7. The van der Waals surface area contributed by atoms with Crippen molar-refractivity contribution in [1.82, 2.24) is 15.1 Å². The predicted molar refractivity (Wildman–Crippen MR) is 91.2 cm³/mol. The molecule has 1 fully saturated rings. The largest absolute Gasteiger partial charge is 0.444 e. The fourth-order valence-electron chi connectivity index (χ4n) is 2.71. The first-order valence-electron chi connectivity index (χ1n) is 8.56. The number of hydrogen-bond acceptors (Lipinski definition) is 4. The second-order valence-electron chi connectivity index (χ2n) is 7.75. The summed E-state index contributed by atoms with van der Waals surface area (Å²) in [5.74, 6) is 0. The topological polar surface area (TPSA) is 44.8 Å². The third-order valence-electron chi connectivity index (χ3n) is 3.91. The summed E-state index contributed by atoms with van der Waals surface area (Å²) < 4.78 is 5.48. The van der Waals surface area contributed by atoms with E-state index in [1.54, 1.807) is 0 Å². The van der Waals surface area contributed by atoms with E-state index in [1.165, 1.54) is 0 Å². The summed E-state index contributed by atoms with van der Waals surface area (Å²) in [6, 6.07) is 1.02. The van der Waals surface area contributed by atoms with Gasteiger partial charge < -0.3 is 19.9 Å². The van der Waals surface area contributed by atoms with Gasteiger partial charge in [-0.25, -0.2) is 4.79 Å². The fraction of sp³-hybridized carbons (Fsp3) is 0.941. The van der Waals surface area contributed by atoms with Gasteiger partial charge in [0.15, 0.2) is 0 Å². The minimum Gasteiger partial charge on any atom is -0.444 e. The zero-order valence-electron chi connectivity index (χ0n) is 15.3. The number of ether oxygens (including phenoxy) is 1. The Morgan fingerprint density at radius 3 is 2.59 bits per heavy atom. The maximum atomic E-state index is 12.2. The van der Waals surface area contributed by atoms with Crippen molar-refractivity contribution in [3.05, 3.63) is 0 Å². The van der Waals surface area contributed by atoms with E-state index in [0.717, 1.165) is 45.3 Å². The minimum atomic E-state index is -0.415. The molecule has 22 heavy (non-hydrogen) atoms. The number of nitrogens with zero attached hydrogens (tertiary/aromatic N) is 2. The van der Waals surface area contributed by atoms with Crippen molar-refractivity contribution >= 4 is 6.09 Å². The van der Waals surface area contributed by atoms with E-state index in [-0.39, 0.29) is 6.09 Å². The van der Waals surface area contributed by atoms with Gasteiger partial charge >= 0.3 is 6.09 Å². The molecule has 1 aliphatic rings. The highest BCUT2D eigenvalue weighted by molar-refractivity contribution is 5.68. The summed E-state index contributed by atoms with van der Waals surface area (Å²) in [5, 5.41) is 3.72. The van der Waals surface area contributed by atoms with Gasteiger partial charge in [0, 0.05) is 25.2 Å². The molecule has 1 amide bonds. The van der Waals surface area contributed by atoms with Crippen LogP contribution in [0.3, 0.4) is 0 Å². The molecule has 0 bridgehead atoms. The first-order valence-corrected chi connectivity index (χ1v) is 8.56. The number of amides is 1. The molecule has 1 saturated heterocycles. The predicted octanol–water partition coefficient (Wildman–Crippen LogP) is 2.71. The van der Waals surface area contributed by atoms with Crippen molar-refractivity contribution in [3.8, 4) is 0 Å². The molecule has 2 atom stereocenters. The number of nitrogens with one attached hydrogen (secondary N) is 1. The van der Waals surface area contributed by atoms with Crippen LogP contribution in [-0.2, 0) is 4.74 Å². The number of carbonyl (C=O) groups excluding carboxylic acids is 1. The Balaban J connectivity index is 2.37. The zero-order valence-corrected chi connectivity index (χ0v) is 15.3. The minimum absolute atomic E-state index is 0.172. The maximum Gasteiger partial charge on any atom is 0.410 e. The SMILES string of the molecule is CC(CCN(C)C)NC1CCCN(C(=O)OC(C)(C)C)CC1. The second-order valence-corrected chi connectivity index (χ2v) is 7.75. The number of rotatable bonds is 5. The van der Waals surface area contributed by atoms with Crippen LogP contribution < -0.4 is 5.32 Å². The number of hydrogen-bond donors (Lipinski definition) is 1. The summed E-state index contributed by atoms with van der Waals surface area (Å²) in [7, 11) is 4.22. The van der Waals surface area contributed by atoms with Gasteiger partial charge in [0.25, 0.3) is 0 Å². The van der Waals surface area contributed by atoms with Crippen molar-refractivity contribution in [2.24, 2.45) is 0 Å². The molecule has 5 nitrogen and oxygen atoms in total. The molecular formula is C17H35N3O2. The van der Waals surface area contributed by atoms with Crippen LogP contribution in [0.2, 0.25) is 0 Å². The van der Waals surface area contributed by atoms with E-state index >= 15 is 0 Å². The van der Waals surface area contributed by atoms with Crippen LogP contribution in [-0.4, -0.2) is 67.3 Å². The van der Waals surface area contributed by atoms with Crippen LogP contribution in [0.15, 0.2) is 0 Å². The molecule has 2 unspecified atom stereocenters. The molecule has 130 valence electrons. The summed E-state index contributed by atoms with van der Waals surface area (Å²) >= 11 is 0. The van der Waals surface area contributed by atoms with Gasteiger partial charge in [-0.1, -0.05) is 0 Å². The smallest absolute Gasteiger partial charge is 0.410 e. The van der Waals surface area contributed by atoms with Gasteiger partial charge in [-0.15, -0.1) is 0 Å². The first kappa shape index (κ1) is 19.2. The summed E-state index contributed by atoms with van der Waals surface area (Å²) in [5.41, 5.74) is -0.415. The van der Waals surface area contributed by atoms with E-state index in [2.05, 4.69) is 31.2 Å². The fourth-order valence-corrected chi connectivity index (χ4v) is 2.71. The van der Waals surface area contributed by atoms with Crippen molar-refractivity contribution in [2.45, 2.75) is 71.1 Å². The van der Waals surface area contributed by atoms with Gasteiger partial charge in [-0.05, 0) is 74.0 Å². The third-order valence-corrected chi connectivity index (χ3v) is 3.91. The first-order chi connectivity index (χ1) is 10.2. The lowest BCUT2D eigenvalue weighted by atomic mass is 10.1.